The zero-order valence-electron chi connectivity index (χ0n) is 14.2. The highest BCUT2D eigenvalue weighted by atomic mass is 79.9. The standard InChI is InChI=1S/C18H19BrN2O4S/c1-13-2-7-16(12-17(13)18(22)21-8-10-25-11-9-21)26(23,24)20-15-5-3-14(19)4-6-15/h2-7,12,20H,8-11H2,1H3. The molecule has 0 unspecified atom stereocenters. The second kappa shape index (κ2) is 7.77. The molecule has 0 aliphatic carbocycles. The fourth-order valence-electron chi connectivity index (χ4n) is 2.67. The minimum absolute atomic E-state index is 0.0580. The second-order valence-electron chi connectivity index (χ2n) is 5.99. The lowest BCUT2D eigenvalue weighted by Crippen LogP contribution is -2.41. The molecule has 3 rings (SSSR count). The Morgan fingerprint density at radius 2 is 1.77 bits per heavy atom. The van der Waals surface area contributed by atoms with Crippen LogP contribution in [0.5, 0.6) is 0 Å². The largest absolute Gasteiger partial charge is 0.378 e. The van der Waals surface area contributed by atoms with Gasteiger partial charge in [0, 0.05) is 28.8 Å². The fourth-order valence-corrected chi connectivity index (χ4v) is 4.02. The molecule has 2 aromatic carbocycles. The summed E-state index contributed by atoms with van der Waals surface area (Å²) in [5.74, 6) is -0.175. The Hall–Kier alpha value is -1.90. The maximum absolute atomic E-state index is 12.7. The molecule has 0 bridgehead atoms. The van der Waals surface area contributed by atoms with Gasteiger partial charge in [-0.05, 0) is 48.9 Å². The predicted molar refractivity (Wildman–Crippen MR) is 103 cm³/mol. The highest BCUT2D eigenvalue weighted by Gasteiger charge is 2.23. The number of nitrogens with one attached hydrogen (secondary N) is 1. The van der Waals surface area contributed by atoms with Crippen LogP contribution in [0.4, 0.5) is 5.69 Å². The van der Waals surface area contributed by atoms with Crippen molar-refractivity contribution >= 4 is 37.5 Å². The van der Waals surface area contributed by atoms with E-state index in [-0.39, 0.29) is 10.8 Å². The number of benzene rings is 2. The van der Waals surface area contributed by atoms with Gasteiger partial charge in [0.05, 0.1) is 18.1 Å². The summed E-state index contributed by atoms with van der Waals surface area (Å²) in [6.45, 7) is 3.80. The van der Waals surface area contributed by atoms with Crippen molar-refractivity contribution < 1.29 is 17.9 Å². The quantitative estimate of drug-likeness (QED) is 0.795. The number of hydrogen-bond acceptors (Lipinski definition) is 4. The number of rotatable bonds is 4. The van der Waals surface area contributed by atoms with Crippen LogP contribution in [0.1, 0.15) is 15.9 Å². The predicted octanol–water partition coefficient (Wildman–Crippen LogP) is 3.03. The molecule has 0 saturated carbocycles. The topological polar surface area (TPSA) is 75.7 Å². The van der Waals surface area contributed by atoms with E-state index in [1.54, 1.807) is 42.2 Å². The summed E-state index contributed by atoms with van der Waals surface area (Å²) >= 11 is 3.31. The van der Waals surface area contributed by atoms with Gasteiger partial charge in [-0.2, -0.15) is 0 Å². The van der Waals surface area contributed by atoms with E-state index < -0.39 is 10.0 Å². The SMILES string of the molecule is Cc1ccc(S(=O)(=O)Nc2ccc(Br)cc2)cc1C(=O)N1CCOCC1. The Kier molecular flexibility index (Phi) is 5.64. The van der Waals surface area contributed by atoms with Crippen LogP contribution in [0, 0.1) is 6.92 Å². The van der Waals surface area contributed by atoms with Gasteiger partial charge in [0.2, 0.25) is 0 Å². The zero-order chi connectivity index (χ0) is 18.7. The molecule has 0 radical (unpaired) electrons. The van der Waals surface area contributed by atoms with E-state index in [2.05, 4.69) is 20.7 Å². The average Bonchev–Trinajstić information content (AvgIpc) is 2.64. The summed E-state index contributed by atoms with van der Waals surface area (Å²) in [5, 5.41) is 0. The molecule has 1 aliphatic heterocycles. The Bertz CT molecular complexity index is 907. The first-order valence-corrected chi connectivity index (χ1v) is 10.4. The van der Waals surface area contributed by atoms with Crippen LogP contribution in [0.15, 0.2) is 51.8 Å². The monoisotopic (exact) mass is 438 g/mol. The Balaban J connectivity index is 1.88. The van der Waals surface area contributed by atoms with Crippen LogP contribution >= 0.6 is 15.9 Å². The van der Waals surface area contributed by atoms with E-state index in [1.807, 2.05) is 0 Å². The van der Waals surface area contributed by atoms with Gasteiger partial charge in [0.1, 0.15) is 0 Å². The number of morpholine rings is 1. The molecule has 0 spiro atoms. The highest BCUT2D eigenvalue weighted by molar-refractivity contribution is 9.10. The van der Waals surface area contributed by atoms with Crippen molar-refractivity contribution in [1.29, 1.82) is 0 Å². The third-order valence-corrected chi connectivity index (χ3v) is 6.05. The number of anilines is 1. The van der Waals surface area contributed by atoms with Gasteiger partial charge in [-0.3, -0.25) is 9.52 Å². The van der Waals surface area contributed by atoms with Gasteiger partial charge in [-0.25, -0.2) is 8.42 Å². The van der Waals surface area contributed by atoms with Gasteiger partial charge < -0.3 is 9.64 Å². The van der Waals surface area contributed by atoms with Gasteiger partial charge in [-0.15, -0.1) is 0 Å². The van der Waals surface area contributed by atoms with E-state index in [0.29, 0.717) is 37.6 Å². The van der Waals surface area contributed by atoms with E-state index >= 15 is 0 Å². The van der Waals surface area contributed by atoms with Crippen LogP contribution in [-0.2, 0) is 14.8 Å². The Labute approximate surface area is 161 Å². The van der Waals surface area contributed by atoms with Crippen LogP contribution in [-0.4, -0.2) is 45.5 Å². The van der Waals surface area contributed by atoms with Gasteiger partial charge in [-0.1, -0.05) is 22.0 Å². The van der Waals surface area contributed by atoms with Crippen molar-refractivity contribution in [2.75, 3.05) is 31.0 Å². The van der Waals surface area contributed by atoms with Gasteiger partial charge >= 0.3 is 0 Å². The molecule has 2 aromatic rings. The first-order chi connectivity index (χ1) is 12.4. The van der Waals surface area contributed by atoms with Crippen molar-refractivity contribution in [3.8, 4) is 0 Å². The highest BCUT2D eigenvalue weighted by Crippen LogP contribution is 2.22. The summed E-state index contributed by atoms with van der Waals surface area (Å²) in [5.41, 5.74) is 1.59. The lowest BCUT2D eigenvalue weighted by Gasteiger charge is -2.27. The third kappa shape index (κ3) is 4.25. The first kappa shape index (κ1) is 18.9. The number of nitrogens with zero attached hydrogens (tertiary/aromatic N) is 1. The molecule has 1 aliphatic rings. The average molecular weight is 439 g/mol. The summed E-state index contributed by atoms with van der Waals surface area (Å²) in [6.07, 6.45) is 0. The van der Waals surface area contributed by atoms with Crippen LogP contribution in [0.2, 0.25) is 0 Å². The molecule has 0 atom stereocenters. The fraction of sp³-hybridized carbons (Fsp3) is 0.278. The van der Waals surface area contributed by atoms with E-state index in [9.17, 15) is 13.2 Å². The van der Waals surface area contributed by atoms with Crippen molar-refractivity contribution in [3.63, 3.8) is 0 Å². The molecule has 1 heterocycles. The minimum Gasteiger partial charge on any atom is -0.378 e. The number of amides is 1. The Morgan fingerprint density at radius 3 is 2.42 bits per heavy atom. The van der Waals surface area contributed by atoms with E-state index in [0.717, 1.165) is 10.0 Å². The first-order valence-electron chi connectivity index (χ1n) is 8.13. The molecule has 0 aromatic heterocycles. The molecule has 138 valence electrons. The van der Waals surface area contributed by atoms with E-state index in [1.165, 1.54) is 12.1 Å². The molecule has 1 amide bonds. The van der Waals surface area contributed by atoms with Crippen molar-refractivity contribution in [1.82, 2.24) is 4.90 Å². The van der Waals surface area contributed by atoms with Crippen LogP contribution in [0.3, 0.4) is 0 Å². The number of hydrogen-bond donors (Lipinski definition) is 1. The number of ether oxygens (including phenoxy) is 1. The zero-order valence-corrected chi connectivity index (χ0v) is 16.6. The lowest BCUT2D eigenvalue weighted by molar-refractivity contribution is 0.0302. The van der Waals surface area contributed by atoms with Crippen LogP contribution < -0.4 is 4.72 Å². The molecule has 1 fully saturated rings. The molecular weight excluding hydrogens is 420 g/mol. The molecule has 1 N–H and O–H groups in total. The smallest absolute Gasteiger partial charge is 0.261 e. The van der Waals surface area contributed by atoms with E-state index in [4.69, 9.17) is 4.74 Å². The van der Waals surface area contributed by atoms with Crippen molar-refractivity contribution in [2.45, 2.75) is 11.8 Å². The van der Waals surface area contributed by atoms with Gasteiger partial charge in [0.25, 0.3) is 15.9 Å². The lowest BCUT2D eigenvalue weighted by atomic mass is 10.1. The maximum atomic E-state index is 12.7. The molecule has 6 nitrogen and oxygen atoms in total. The third-order valence-electron chi connectivity index (χ3n) is 4.14. The second-order valence-corrected chi connectivity index (χ2v) is 8.59. The molecular formula is C18H19BrN2O4S. The maximum Gasteiger partial charge on any atom is 0.261 e. The molecule has 1 saturated heterocycles. The summed E-state index contributed by atoms with van der Waals surface area (Å²) in [7, 11) is -3.79. The summed E-state index contributed by atoms with van der Waals surface area (Å²) in [6, 6.07) is 11.4. The van der Waals surface area contributed by atoms with Crippen molar-refractivity contribution in [3.05, 3.63) is 58.1 Å². The molecule has 26 heavy (non-hydrogen) atoms. The number of carbonyl (C=O) groups excluding carboxylic acids is 1. The number of aryl methyl sites for hydroxylation is 1. The Morgan fingerprint density at radius 1 is 1.12 bits per heavy atom. The van der Waals surface area contributed by atoms with Crippen molar-refractivity contribution in [2.24, 2.45) is 0 Å². The minimum atomic E-state index is -3.79. The number of sulfonamides is 1. The number of carbonyl (C=O) groups is 1. The normalized spacial score (nSPS) is 14.9. The summed E-state index contributed by atoms with van der Waals surface area (Å²) < 4.78 is 34.0. The number of halogens is 1. The summed E-state index contributed by atoms with van der Waals surface area (Å²) in [4.78, 5) is 14.5. The van der Waals surface area contributed by atoms with Crippen LogP contribution in [0.25, 0.3) is 0 Å². The van der Waals surface area contributed by atoms with Gasteiger partial charge in [0.15, 0.2) is 0 Å². The molecule has 8 heteroatoms.